The Morgan fingerprint density at radius 3 is 2.63 bits per heavy atom. The minimum Gasteiger partial charge on any atom is -0.370 e. The molecule has 0 N–H and O–H groups in total. The quantitative estimate of drug-likeness (QED) is 0.681. The molecular formula is C23H22N4. The molecule has 27 heavy (non-hydrogen) atoms. The van der Waals surface area contributed by atoms with Crippen LogP contribution >= 0.6 is 0 Å². The highest BCUT2D eigenvalue weighted by atomic mass is 15.2. The van der Waals surface area contributed by atoms with E-state index in [9.17, 15) is 0 Å². The van der Waals surface area contributed by atoms with E-state index in [1.165, 1.54) is 24.8 Å². The third-order valence-electron chi connectivity index (χ3n) is 5.98. The number of nitriles is 1. The monoisotopic (exact) mass is 354 g/mol. The standard InChI is InChI=1S/C23H22N4/c24-14-17-6-8-18(9-7-17)19-10-11-23-22(13-19)25-16-26(23)15-21-5-2-12-27(21)20-3-1-4-20/h2,6-13,16,20-21H,1,3-5,15H2. The van der Waals surface area contributed by atoms with Gasteiger partial charge in [0.2, 0.25) is 0 Å². The molecule has 2 aliphatic rings. The summed E-state index contributed by atoms with van der Waals surface area (Å²) in [4.78, 5) is 7.23. The number of hydrogen-bond acceptors (Lipinski definition) is 3. The highest BCUT2D eigenvalue weighted by molar-refractivity contribution is 5.82. The summed E-state index contributed by atoms with van der Waals surface area (Å²) in [5.41, 5.74) is 5.15. The molecule has 0 amide bonds. The molecule has 1 fully saturated rings. The van der Waals surface area contributed by atoms with Gasteiger partial charge in [0.25, 0.3) is 0 Å². The molecule has 1 unspecified atom stereocenters. The Balaban J connectivity index is 1.39. The number of fused-ring (bicyclic) bond motifs is 1. The Morgan fingerprint density at radius 1 is 1.07 bits per heavy atom. The van der Waals surface area contributed by atoms with Gasteiger partial charge in [0.05, 0.1) is 35.0 Å². The number of hydrogen-bond donors (Lipinski definition) is 0. The van der Waals surface area contributed by atoms with Crippen LogP contribution in [0.2, 0.25) is 0 Å². The van der Waals surface area contributed by atoms with Crippen LogP contribution in [-0.4, -0.2) is 26.5 Å². The average Bonchev–Trinajstić information content (AvgIpc) is 3.28. The van der Waals surface area contributed by atoms with Crippen LogP contribution in [0.3, 0.4) is 0 Å². The summed E-state index contributed by atoms with van der Waals surface area (Å²) in [6.45, 7) is 0.982. The van der Waals surface area contributed by atoms with Crippen LogP contribution in [-0.2, 0) is 6.54 Å². The predicted octanol–water partition coefficient (Wildman–Crippen LogP) is 4.72. The normalized spacial score (nSPS) is 19.4. The van der Waals surface area contributed by atoms with Gasteiger partial charge in [-0.2, -0.15) is 5.26 Å². The van der Waals surface area contributed by atoms with Gasteiger partial charge in [-0.1, -0.05) is 24.3 Å². The lowest BCUT2D eigenvalue weighted by molar-refractivity contribution is 0.138. The molecule has 1 atom stereocenters. The summed E-state index contributed by atoms with van der Waals surface area (Å²) in [5, 5.41) is 8.96. The van der Waals surface area contributed by atoms with Crippen molar-refractivity contribution in [3.63, 3.8) is 0 Å². The number of nitrogens with zero attached hydrogens (tertiary/aromatic N) is 4. The summed E-state index contributed by atoms with van der Waals surface area (Å²) >= 11 is 0. The molecule has 4 heteroatoms. The third-order valence-corrected chi connectivity index (χ3v) is 5.98. The number of imidazole rings is 1. The summed E-state index contributed by atoms with van der Waals surface area (Å²) in [5.74, 6) is 0. The number of benzene rings is 2. The fraction of sp³-hybridized carbons (Fsp3) is 0.304. The van der Waals surface area contributed by atoms with Crippen LogP contribution in [0.25, 0.3) is 22.2 Å². The van der Waals surface area contributed by atoms with Gasteiger partial charge in [-0.25, -0.2) is 4.98 Å². The van der Waals surface area contributed by atoms with E-state index in [1.54, 1.807) is 0 Å². The van der Waals surface area contributed by atoms with Crippen molar-refractivity contribution in [2.45, 2.75) is 44.3 Å². The molecule has 4 nitrogen and oxygen atoms in total. The van der Waals surface area contributed by atoms with E-state index in [-0.39, 0.29) is 0 Å². The maximum Gasteiger partial charge on any atom is 0.0991 e. The Hall–Kier alpha value is -3.06. The largest absolute Gasteiger partial charge is 0.370 e. The summed E-state index contributed by atoms with van der Waals surface area (Å²) < 4.78 is 2.29. The zero-order chi connectivity index (χ0) is 18.2. The molecule has 5 rings (SSSR count). The average molecular weight is 354 g/mol. The van der Waals surface area contributed by atoms with E-state index >= 15 is 0 Å². The minimum absolute atomic E-state index is 0.547. The zero-order valence-electron chi connectivity index (χ0n) is 15.3. The van der Waals surface area contributed by atoms with Crippen LogP contribution in [0.4, 0.5) is 0 Å². The summed E-state index contributed by atoms with van der Waals surface area (Å²) in [6.07, 6.45) is 11.7. The fourth-order valence-electron chi connectivity index (χ4n) is 4.21. The van der Waals surface area contributed by atoms with Gasteiger partial charge >= 0.3 is 0 Å². The highest BCUT2D eigenvalue weighted by Gasteiger charge is 2.30. The fourth-order valence-corrected chi connectivity index (χ4v) is 4.21. The SMILES string of the molecule is N#Cc1ccc(-c2ccc3c(c2)ncn3CC2CC=CN2C2CCC2)cc1. The van der Waals surface area contributed by atoms with Crippen LogP contribution in [0.15, 0.2) is 61.1 Å². The predicted molar refractivity (Wildman–Crippen MR) is 107 cm³/mol. The van der Waals surface area contributed by atoms with Crippen molar-refractivity contribution in [1.82, 2.24) is 14.5 Å². The summed E-state index contributed by atoms with van der Waals surface area (Å²) in [7, 11) is 0. The molecule has 0 bridgehead atoms. The van der Waals surface area contributed by atoms with E-state index < -0.39 is 0 Å². The smallest absolute Gasteiger partial charge is 0.0991 e. The van der Waals surface area contributed by atoms with Gasteiger partial charge in [0.15, 0.2) is 0 Å². The molecular weight excluding hydrogens is 332 g/mol. The van der Waals surface area contributed by atoms with Crippen LogP contribution in [0.5, 0.6) is 0 Å². The zero-order valence-corrected chi connectivity index (χ0v) is 15.3. The molecule has 1 aromatic heterocycles. The summed E-state index contributed by atoms with van der Waals surface area (Å²) in [6, 6.07) is 17.6. The first-order chi connectivity index (χ1) is 13.3. The molecule has 0 radical (unpaired) electrons. The Kier molecular flexibility index (Phi) is 3.94. The maximum absolute atomic E-state index is 8.96. The van der Waals surface area contributed by atoms with Crippen LogP contribution in [0, 0.1) is 11.3 Å². The third kappa shape index (κ3) is 2.90. The van der Waals surface area contributed by atoms with Crippen molar-refractivity contribution in [3.8, 4) is 17.2 Å². The Bertz CT molecular complexity index is 1030. The van der Waals surface area contributed by atoms with E-state index in [0.29, 0.717) is 11.6 Å². The van der Waals surface area contributed by atoms with E-state index in [1.807, 2.05) is 30.6 Å². The van der Waals surface area contributed by atoms with Crippen molar-refractivity contribution < 1.29 is 0 Å². The maximum atomic E-state index is 8.96. The first kappa shape index (κ1) is 16.1. The lowest BCUT2D eigenvalue weighted by atomic mass is 9.91. The Morgan fingerprint density at radius 2 is 1.89 bits per heavy atom. The Labute approximate surface area is 159 Å². The molecule has 0 spiro atoms. The van der Waals surface area contributed by atoms with Crippen molar-refractivity contribution in [3.05, 3.63) is 66.6 Å². The molecule has 0 saturated heterocycles. The van der Waals surface area contributed by atoms with Gasteiger partial charge < -0.3 is 9.47 Å². The molecule has 2 heterocycles. The van der Waals surface area contributed by atoms with E-state index in [0.717, 1.165) is 35.7 Å². The molecule has 1 saturated carbocycles. The van der Waals surface area contributed by atoms with Crippen molar-refractivity contribution in [2.24, 2.45) is 0 Å². The number of rotatable bonds is 4. The number of aromatic nitrogens is 2. The van der Waals surface area contributed by atoms with Crippen LogP contribution in [0.1, 0.15) is 31.2 Å². The highest BCUT2D eigenvalue weighted by Crippen LogP contribution is 2.32. The van der Waals surface area contributed by atoms with Gasteiger partial charge in [0, 0.05) is 12.6 Å². The van der Waals surface area contributed by atoms with Crippen molar-refractivity contribution >= 4 is 11.0 Å². The topological polar surface area (TPSA) is 44.9 Å². The second-order valence-corrected chi connectivity index (χ2v) is 7.60. The minimum atomic E-state index is 0.547. The second-order valence-electron chi connectivity index (χ2n) is 7.60. The molecule has 134 valence electrons. The van der Waals surface area contributed by atoms with E-state index in [4.69, 9.17) is 5.26 Å². The second kappa shape index (κ2) is 6.59. The first-order valence-electron chi connectivity index (χ1n) is 9.71. The molecule has 3 aromatic rings. The molecule has 1 aliphatic heterocycles. The lowest BCUT2D eigenvalue weighted by Gasteiger charge is -2.39. The molecule has 1 aliphatic carbocycles. The van der Waals surface area contributed by atoms with Gasteiger partial charge in [0.1, 0.15) is 0 Å². The van der Waals surface area contributed by atoms with E-state index in [2.05, 4.69) is 51.0 Å². The van der Waals surface area contributed by atoms with Crippen molar-refractivity contribution in [2.75, 3.05) is 0 Å². The lowest BCUT2D eigenvalue weighted by Crippen LogP contribution is -2.42. The van der Waals surface area contributed by atoms with Gasteiger partial charge in [-0.15, -0.1) is 0 Å². The van der Waals surface area contributed by atoms with Gasteiger partial charge in [-0.3, -0.25) is 0 Å². The molecule has 2 aromatic carbocycles. The van der Waals surface area contributed by atoms with Crippen molar-refractivity contribution in [1.29, 1.82) is 5.26 Å². The first-order valence-corrected chi connectivity index (χ1v) is 9.71. The van der Waals surface area contributed by atoms with Gasteiger partial charge in [-0.05, 0) is 67.3 Å². The van der Waals surface area contributed by atoms with Crippen LogP contribution < -0.4 is 0 Å².